The molecule has 0 aliphatic heterocycles. The SMILES string of the molecule is O=Cc1coc2ccc(OCc3ccccc3COc3ccc4occ(C=O)c(=O)c4c3)cc2c1=O. The first-order valence-corrected chi connectivity index (χ1v) is 10.9. The van der Waals surface area contributed by atoms with Gasteiger partial charge in [-0.05, 0) is 47.5 Å². The normalized spacial score (nSPS) is 10.9. The molecule has 0 spiro atoms. The minimum absolute atomic E-state index is 0.0593. The van der Waals surface area contributed by atoms with Crippen molar-refractivity contribution in [3.63, 3.8) is 0 Å². The van der Waals surface area contributed by atoms with E-state index >= 15 is 0 Å². The lowest BCUT2D eigenvalue weighted by Crippen LogP contribution is -2.08. The van der Waals surface area contributed by atoms with E-state index < -0.39 is 10.9 Å². The monoisotopic (exact) mass is 482 g/mol. The summed E-state index contributed by atoms with van der Waals surface area (Å²) in [5.74, 6) is 0.890. The number of carbonyl (C=O) groups excluding carboxylic acids is 2. The van der Waals surface area contributed by atoms with Gasteiger partial charge in [0.25, 0.3) is 0 Å². The van der Waals surface area contributed by atoms with Crippen LogP contribution in [0, 0.1) is 0 Å². The zero-order chi connectivity index (χ0) is 25.1. The van der Waals surface area contributed by atoms with Crippen LogP contribution < -0.4 is 20.3 Å². The molecule has 0 aliphatic carbocycles. The quantitative estimate of drug-likeness (QED) is 0.293. The summed E-state index contributed by atoms with van der Waals surface area (Å²) in [6, 6.07) is 17.2. The maximum atomic E-state index is 12.4. The van der Waals surface area contributed by atoms with Gasteiger partial charge in [-0.25, -0.2) is 0 Å². The van der Waals surface area contributed by atoms with Crippen molar-refractivity contribution in [3.8, 4) is 11.5 Å². The molecule has 5 rings (SSSR count). The fourth-order valence-electron chi connectivity index (χ4n) is 3.75. The average molecular weight is 482 g/mol. The summed E-state index contributed by atoms with van der Waals surface area (Å²) < 4.78 is 22.5. The van der Waals surface area contributed by atoms with Crippen molar-refractivity contribution in [3.05, 3.63) is 116 Å². The second-order valence-corrected chi connectivity index (χ2v) is 7.94. The van der Waals surface area contributed by atoms with Crippen LogP contribution >= 0.6 is 0 Å². The van der Waals surface area contributed by atoms with E-state index in [9.17, 15) is 19.2 Å². The molecule has 2 aromatic heterocycles. The van der Waals surface area contributed by atoms with Crippen molar-refractivity contribution in [1.29, 1.82) is 0 Å². The Hall–Kier alpha value is -4.98. The Kier molecular flexibility index (Phi) is 6.15. The minimum Gasteiger partial charge on any atom is -0.489 e. The third-order valence-electron chi connectivity index (χ3n) is 5.70. The van der Waals surface area contributed by atoms with Crippen LogP contribution in [-0.2, 0) is 13.2 Å². The number of rotatable bonds is 8. The van der Waals surface area contributed by atoms with E-state index in [1.54, 1.807) is 36.4 Å². The molecule has 0 aliphatic rings. The summed E-state index contributed by atoms with van der Waals surface area (Å²) in [5.41, 5.74) is 1.47. The predicted octanol–water partition coefficient (Wildman–Crippen LogP) is 4.68. The molecule has 2 heterocycles. The van der Waals surface area contributed by atoms with Gasteiger partial charge in [0.1, 0.15) is 48.4 Å². The van der Waals surface area contributed by atoms with Crippen LogP contribution in [0.1, 0.15) is 31.8 Å². The average Bonchev–Trinajstić information content (AvgIpc) is 2.92. The maximum Gasteiger partial charge on any atom is 0.203 e. The molecule has 0 atom stereocenters. The summed E-state index contributed by atoms with van der Waals surface area (Å²) in [6.45, 7) is 0.404. The topological polar surface area (TPSA) is 113 Å². The smallest absolute Gasteiger partial charge is 0.203 e. The first-order valence-electron chi connectivity index (χ1n) is 10.9. The van der Waals surface area contributed by atoms with Gasteiger partial charge in [0.05, 0.1) is 21.9 Å². The standard InChI is InChI=1S/C28H18O8/c29-11-19-15-35-25-7-5-21(9-23(25)27(19)31)33-13-17-3-1-2-4-18(17)14-34-22-6-8-26-24(10-22)28(32)20(12-30)16-36-26/h1-12,15-16H,13-14H2. The van der Waals surface area contributed by atoms with Gasteiger partial charge in [0, 0.05) is 0 Å². The zero-order valence-corrected chi connectivity index (χ0v) is 18.8. The Morgan fingerprint density at radius 3 is 1.50 bits per heavy atom. The van der Waals surface area contributed by atoms with Gasteiger partial charge >= 0.3 is 0 Å². The highest BCUT2D eigenvalue weighted by Gasteiger charge is 2.11. The first-order chi connectivity index (χ1) is 17.6. The number of fused-ring (bicyclic) bond motifs is 2. The van der Waals surface area contributed by atoms with Gasteiger partial charge in [0.15, 0.2) is 12.6 Å². The highest BCUT2D eigenvalue weighted by Crippen LogP contribution is 2.23. The number of hydrogen-bond donors (Lipinski definition) is 0. The molecule has 0 radical (unpaired) electrons. The Bertz CT molecular complexity index is 1600. The van der Waals surface area contributed by atoms with Crippen LogP contribution in [0.3, 0.4) is 0 Å². The molecule has 0 saturated heterocycles. The number of carbonyl (C=O) groups is 2. The molecular formula is C28H18O8. The van der Waals surface area contributed by atoms with Crippen LogP contribution in [0.15, 0.2) is 91.6 Å². The number of ether oxygens (including phenoxy) is 2. The molecule has 0 N–H and O–H groups in total. The summed E-state index contributed by atoms with van der Waals surface area (Å²) in [5, 5.41) is 0.513. The van der Waals surface area contributed by atoms with Crippen molar-refractivity contribution in [1.82, 2.24) is 0 Å². The zero-order valence-electron chi connectivity index (χ0n) is 18.8. The highest BCUT2D eigenvalue weighted by molar-refractivity contribution is 5.85. The number of aldehydes is 2. The Morgan fingerprint density at radius 2 is 1.08 bits per heavy atom. The maximum absolute atomic E-state index is 12.4. The van der Waals surface area contributed by atoms with Crippen LogP contribution in [-0.4, -0.2) is 12.6 Å². The van der Waals surface area contributed by atoms with Gasteiger partial charge in [-0.15, -0.1) is 0 Å². The molecule has 0 saturated carbocycles. The minimum atomic E-state index is -0.421. The number of benzene rings is 3. The summed E-state index contributed by atoms with van der Waals surface area (Å²) in [4.78, 5) is 46.9. The second kappa shape index (κ2) is 9.71. The molecule has 8 heteroatoms. The number of hydrogen-bond acceptors (Lipinski definition) is 8. The van der Waals surface area contributed by atoms with E-state index in [1.165, 1.54) is 0 Å². The summed E-state index contributed by atoms with van der Waals surface area (Å²) >= 11 is 0. The molecule has 0 amide bonds. The van der Waals surface area contributed by atoms with E-state index in [-0.39, 0.29) is 35.1 Å². The fourth-order valence-corrected chi connectivity index (χ4v) is 3.75. The fraction of sp³-hybridized carbons (Fsp3) is 0.0714. The van der Waals surface area contributed by atoms with E-state index in [1.807, 2.05) is 24.3 Å². The van der Waals surface area contributed by atoms with E-state index in [2.05, 4.69) is 0 Å². The molecule has 8 nitrogen and oxygen atoms in total. The molecule has 0 fully saturated rings. The van der Waals surface area contributed by atoms with Gasteiger partial charge in [-0.2, -0.15) is 0 Å². The largest absolute Gasteiger partial charge is 0.489 e. The third-order valence-corrected chi connectivity index (χ3v) is 5.70. The molecule has 5 aromatic rings. The van der Waals surface area contributed by atoms with E-state index in [0.29, 0.717) is 35.2 Å². The lowest BCUT2D eigenvalue weighted by molar-refractivity contribution is 0.111. The van der Waals surface area contributed by atoms with Crippen LogP contribution in [0.4, 0.5) is 0 Å². The molecule has 0 unspecified atom stereocenters. The molecule has 0 bridgehead atoms. The van der Waals surface area contributed by atoms with Gasteiger partial charge in [-0.1, -0.05) is 24.3 Å². The Morgan fingerprint density at radius 1 is 0.639 bits per heavy atom. The van der Waals surface area contributed by atoms with Crippen molar-refractivity contribution in [2.45, 2.75) is 13.2 Å². The second-order valence-electron chi connectivity index (χ2n) is 7.94. The van der Waals surface area contributed by atoms with Crippen molar-refractivity contribution >= 4 is 34.5 Å². The Labute approximate surface area is 203 Å². The summed E-state index contributed by atoms with van der Waals surface area (Å²) in [6.07, 6.45) is 3.19. The lowest BCUT2D eigenvalue weighted by atomic mass is 10.1. The van der Waals surface area contributed by atoms with Crippen LogP contribution in [0.25, 0.3) is 21.9 Å². The molecular weight excluding hydrogens is 464 g/mol. The van der Waals surface area contributed by atoms with Crippen LogP contribution in [0.5, 0.6) is 11.5 Å². The molecule has 178 valence electrons. The van der Waals surface area contributed by atoms with Crippen molar-refractivity contribution in [2.75, 3.05) is 0 Å². The van der Waals surface area contributed by atoms with E-state index in [0.717, 1.165) is 23.7 Å². The summed E-state index contributed by atoms with van der Waals surface area (Å²) in [7, 11) is 0. The third kappa shape index (κ3) is 4.39. The lowest BCUT2D eigenvalue weighted by Gasteiger charge is -2.13. The molecule has 3 aromatic carbocycles. The van der Waals surface area contributed by atoms with Crippen molar-refractivity contribution < 1.29 is 27.9 Å². The van der Waals surface area contributed by atoms with Gasteiger partial charge in [0.2, 0.25) is 10.9 Å². The highest BCUT2D eigenvalue weighted by atomic mass is 16.5. The first kappa shape index (κ1) is 22.8. The molecule has 36 heavy (non-hydrogen) atoms. The van der Waals surface area contributed by atoms with E-state index in [4.69, 9.17) is 18.3 Å². The Balaban J connectivity index is 1.34. The van der Waals surface area contributed by atoms with Crippen LogP contribution in [0.2, 0.25) is 0 Å². The van der Waals surface area contributed by atoms with Gasteiger partial charge in [-0.3, -0.25) is 19.2 Å². The predicted molar refractivity (Wildman–Crippen MR) is 131 cm³/mol. The van der Waals surface area contributed by atoms with Crippen molar-refractivity contribution in [2.24, 2.45) is 0 Å². The van der Waals surface area contributed by atoms with Gasteiger partial charge < -0.3 is 18.3 Å².